The Morgan fingerprint density at radius 1 is 1.43 bits per heavy atom. The summed E-state index contributed by atoms with van der Waals surface area (Å²) < 4.78 is 37.5. The minimum absolute atomic E-state index is 0. The maximum atomic E-state index is 12.9. The van der Waals surface area contributed by atoms with Crippen LogP contribution in [0, 0.1) is 12.7 Å². The molecule has 0 spiro atoms. The Kier molecular flexibility index (Phi) is 5.57. The molecule has 1 aromatic rings. The van der Waals surface area contributed by atoms with E-state index in [4.69, 9.17) is 11.8 Å². The third-order valence-electron chi connectivity index (χ3n) is 1.53. The largest absolute Gasteiger partial charge is 1.00 e. The van der Waals surface area contributed by atoms with Crippen LogP contribution in [-0.4, -0.2) is 8.42 Å². The molecule has 0 radical (unpaired) electrons. The summed E-state index contributed by atoms with van der Waals surface area (Å²) in [5, 5.41) is 0. The van der Waals surface area contributed by atoms with Gasteiger partial charge in [-0.25, -0.2) is 12.8 Å². The van der Waals surface area contributed by atoms with Gasteiger partial charge in [0.2, 0.25) is 0 Å². The van der Waals surface area contributed by atoms with Crippen molar-refractivity contribution in [1.29, 1.82) is 0 Å². The number of hydrogen-bond donors (Lipinski definition) is 0. The van der Waals surface area contributed by atoms with E-state index in [0.29, 0.717) is 5.56 Å². The standard InChI is InChI=1S/C7H6ClFNO2S.Na/c1-5-2-3-6(4-7(5)9)13(11,12)10-8;/h2-4H,1H3;/q-1;+1. The van der Waals surface area contributed by atoms with Crippen LogP contribution in [0.3, 0.4) is 0 Å². The van der Waals surface area contributed by atoms with E-state index in [1.54, 1.807) is 0 Å². The molecule has 0 N–H and O–H groups in total. The summed E-state index contributed by atoms with van der Waals surface area (Å²) in [5.74, 6) is -0.596. The quantitative estimate of drug-likeness (QED) is 0.651. The molecule has 72 valence electrons. The molecule has 0 aromatic heterocycles. The Hall–Kier alpha value is 0.350. The Morgan fingerprint density at radius 3 is 2.43 bits per heavy atom. The molecule has 0 saturated carbocycles. The zero-order valence-corrected chi connectivity index (χ0v) is 11.2. The van der Waals surface area contributed by atoms with Crippen LogP contribution < -0.4 is 29.6 Å². The van der Waals surface area contributed by atoms with Gasteiger partial charge in [0.05, 0.1) is 4.90 Å². The molecule has 14 heavy (non-hydrogen) atoms. The van der Waals surface area contributed by atoms with Crippen molar-refractivity contribution in [2.75, 3.05) is 0 Å². The monoisotopic (exact) mass is 245 g/mol. The molecule has 0 fully saturated rings. The molecule has 0 unspecified atom stereocenters. The SMILES string of the molecule is Cc1ccc(S(=O)(=O)[N-]Cl)cc1F.[Na+]. The zero-order chi connectivity index (χ0) is 10.1. The van der Waals surface area contributed by atoms with E-state index in [2.05, 4.69) is 4.24 Å². The molecule has 0 amide bonds. The normalized spacial score (nSPS) is 10.8. The first kappa shape index (κ1) is 14.3. The molecular formula is C7H6ClFNNaO2S. The summed E-state index contributed by atoms with van der Waals surface area (Å²) in [4.78, 5) is -0.245. The molecule has 0 bridgehead atoms. The van der Waals surface area contributed by atoms with Gasteiger partial charge in [0.25, 0.3) is 0 Å². The van der Waals surface area contributed by atoms with Crippen molar-refractivity contribution in [2.24, 2.45) is 0 Å². The smallest absolute Gasteiger partial charge is 0.458 e. The number of nitrogens with zero attached hydrogens (tertiary/aromatic N) is 1. The fourth-order valence-electron chi connectivity index (χ4n) is 0.774. The number of rotatable bonds is 2. The fraction of sp³-hybridized carbons (Fsp3) is 0.143. The van der Waals surface area contributed by atoms with Gasteiger partial charge in [-0.2, -0.15) is 0 Å². The Balaban J connectivity index is 0.00000169. The average Bonchev–Trinajstić information content (AvgIpc) is 2.09. The summed E-state index contributed by atoms with van der Waals surface area (Å²) in [6, 6.07) is 3.49. The molecule has 1 rings (SSSR count). The molecule has 3 nitrogen and oxygen atoms in total. The van der Waals surface area contributed by atoms with Gasteiger partial charge in [0.1, 0.15) is 15.8 Å². The summed E-state index contributed by atoms with van der Waals surface area (Å²) in [7, 11) is -3.89. The van der Waals surface area contributed by atoms with Crippen LogP contribution in [0.25, 0.3) is 4.24 Å². The van der Waals surface area contributed by atoms with Crippen LogP contribution in [-0.2, 0) is 10.0 Å². The molecule has 0 aliphatic heterocycles. The first-order valence-corrected chi connectivity index (χ1v) is 5.09. The van der Waals surface area contributed by atoms with Crippen LogP contribution in [0.4, 0.5) is 4.39 Å². The van der Waals surface area contributed by atoms with Crippen molar-refractivity contribution in [3.05, 3.63) is 33.8 Å². The second kappa shape index (κ2) is 5.44. The van der Waals surface area contributed by atoms with Crippen molar-refractivity contribution < 1.29 is 42.4 Å². The maximum absolute atomic E-state index is 12.9. The number of halogens is 2. The molecule has 7 heteroatoms. The van der Waals surface area contributed by atoms with Crippen molar-refractivity contribution >= 4 is 21.8 Å². The van der Waals surface area contributed by atoms with Gasteiger partial charge in [0, 0.05) is 0 Å². The van der Waals surface area contributed by atoms with Crippen molar-refractivity contribution in [3.8, 4) is 0 Å². The summed E-state index contributed by atoms with van der Waals surface area (Å²) in [5.41, 5.74) is 0.369. The molecule has 1 aromatic carbocycles. The Morgan fingerprint density at radius 2 is 2.00 bits per heavy atom. The van der Waals surface area contributed by atoms with E-state index in [0.717, 1.165) is 6.07 Å². The second-order valence-electron chi connectivity index (χ2n) is 2.46. The minimum Gasteiger partial charge on any atom is -0.458 e. The van der Waals surface area contributed by atoms with Gasteiger partial charge >= 0.3 is 29.6 Å². The number of sulfonamides is 1. The molecule has 0 heterocycles. The summed E-state index contributed by atoms with van der Waals surface area (Å²) >= 11 is 4.83. The fourth-order valence-corrected chi connectivity index (χ4v) is 1.59. The molecular weight excluding hydrogens is 240 g/mol. The van der Waals surface area contributed by atoms with E-state index in [1.807, 2.05) is 0 Å². The zero-order valence-electron chi connectivity index (χ0n) is 7.66. The van der Waals surface area contributed by atoms with E-state index >= 15 is 0 Å². The van der Waals surface area contributed by atoms with Crippen molar-refractivity contribution in [1.82, 2.24) is 0 Å². The third-order valence-corrected chi connectivity index (χ3v) is 3.11. The first-order chi connectivity index (χ1) is 5.97. The van der Waals surface area contributed by atoms with Gasteiger partial charge in [-0.15, -0.1) is 0 Å². The van der Waals surface area contributed by atoms with E-state index in [9.17, 15) is 12.8 Å². The van der Waals surface area contributed by atoms with Crippen LogP contribution in [0.15, 0.2) is 23.1 Å². The van der Waals surface area contributed by atoms with Crippen LogP contribution in [0.1, 0.15) is 5.56 Å². The molecule has 0 saturated heterocycles. The predicted molar refractivity (Wildman–Crippen MR) is 47.5 cm³/mol. The number of hydrogen-bond acceptors (Lipinski definition) is 2. The van der Waals surface area contributed by atoms with Crippen molar-refractivity contribution in [2.45, 2.75) is 11.8 Å². The topological polar surface area (TPSA) is 48.2 Å². The van der Waals surface area contributed by atoms with Crippen molar-refractivity contribution in [3.63, 3.8) is 0 Å². The first-order valence-electron chi connectivity index (χ1n) is 3.32. The van der Waals surface area contributed by atoms with Crippen LogP contribution in [0.2, 0.25) is 0 Å². The third kappa shape index (κ3) is 3.18. The minimum atomic E-state index is -3.89. The van der Waals surface area contributed by atoms with Gasteiger partial charge < -0.3 is 4.24 Å². The number of aryl methyl sites for hydroxylation is 1. The van der Waals surface area contributed by atoms with E-state index in [-0.39, 0.29) is 34.5 Å². The Bertz CT molecular complexity index is 424. The van der Waals surface area contributed by atoms with Gasteiger partial charge in [0.15, 0.2) is 0 Å². The maximum Gasteiger partial charge on any atom is 1.00 e. The van der Waals surface area contributed by atoms with Gasteiger partial charge in [-0.1, -0.05) is 6.07 Å². The molecule has 0 atom stereocenters. The van der Waals surface area contributed by atoms with Crippen LogP contribution in [0.5, 0.6) is 0 Å². The summed E-state index contributed by atoms with van der Waals surface area (Å²) in [6.45, 7) is 1.53. The summed E-state index contributed by atoms with van der Waals surface area (Å²) in [6.07, 6.45) is 0. The average molecular weight is 246 g/mol. The van der Waals surface area contributed by atoms with E-state index in [1.165, 1.54) is 19.1 Å². The molecule has 0 aliphatic carbocycles. The number of benzene rings is 1. The van der Waals surface area contributed by atoms with Gasteiger partial charge in [-0.05, 0) is 24.6 Å². The Labute approximate surface area is 109 Å². The van der Waals surface area contributed by atoms with Crippen LogP contribution >= 0.6 is 11.8 Å². The molecule has 0 aliphatic rings. The predicted octanol–water partition coefficient (Wildman–Crippen LogP) is -0.646. The van der Waals surface area contributed by atoms with Gasteiger partial charge in [-0.3, -0.25) is 11.8 Å². The second-order valence-corrected chi connectivity index (χ2v) is 4.43. The van der Waals surface area contributed by atoms with E-state index < -0.39 is 15.8 Å².